The highest BCUT2D eigenvalue weighted by Gasteiger charge is 2.28. The summed E-state index contributed by atoms with van der Waals surface area (Å²) in [6, 6.07) is -1.57. The lowest BCUT2D eigenvalue weighted by Gasteiger charge is -2.24. The van der Waals surface area contributed by atoms with Crippen molar-refractivity contribution in [2.45, 2.75) is 73.1 Å². The Morgan fingerprint density at radius 3 is 2.15 bits per heavy atom. The van der Waals surface area contributed by atoms with Crippen LogP contribution in [0, 0.1) is 11.8 Å². The third kappa shape index (κ3) is 8.83. The van der Waals surface area contributed by atoms with Crippen LogP contribution in [0.5, 0.6) is 0 Å². The summed E-state index contributed by atoms with van der Waals surface area (Å²) in [6.07, 6.45) is 0.786. The third-order valence-corrected chi connectivity index (χ3v) is 5.29. The summed E-state index contributed by atoms with van der Waals surface area (Å²) in [5.41, 5.74) is -0.677. The molecule has 3 amide bonds. The number of carbonyl (C=O) groups excluding carboxylic acids is 3. The molecule has 184 valence electrons. The monoisotopic (exact) mass is 482 g/mol. The van der Waals surface area contributed by atoms with E-state index in [4.69, 9.17) is 4.74 Å². The van der Waals surface area contributed by atoms with Crippen molar-refractivity contribution < 1.29 is 29.0 Å². The van der Waals surface area contributed by atoms with Gasteiger partial charge in [0.15, 0.2) is 0 Å². The lowest BCUT2D eigenvalue weighted by molar-refractivity contribution is -0.142. The molecule has 0 unspecified atom stereocenters. The number of amides is 3. The molecule has 10 nitrogen and oxygen atoms in total. The number of hydrogen-bond acceptors (Lipinski definition) is 7. The van der Waals surface area contributed by atoms with E-state index >= 15 is 0 Å². The number of ether oxygens (including phenoxy) is 1. The molecular formula is C22H34N4O6S. The van der Waals surface area contributed by atoms with Crippen molar-refractivity contribution >= 4 is 35.2 Å². The molecule has 0 saturated heterocycles. The highest BCUT2D eigenvalue weighted by molar-refractivity contribution is 7.09. The number of aliphatic carboxylic acids is 1. The average molecular weight is 483 g/mol. The molecule has 0 spiro atoms. The van der Waals surface area contributed by atoms with Gasteiger partial charge < -0.3 is 25.8 Å². The van der Waals surface area contributed by atoms with Gasteiger partial charge in [-0.05, 0) is 39.5 Å². The largest absolute Gasteiger partial charge is 0.480 e. The number of carbonyl (C=O) groups is 4. The minimum atomic E-state index is -1.17. The third-order valence-electron chi connectivity index (χ3n) is 4.36. The van der Waals surface area contributed by atoms with Crippen molar-refractivity contribution in [2.75, 3.05) is 0 Å². The molecule has 11 heteroatoms. The lowest BCUT2D eigenvalue weighted by atomic mass is 10.0. The van der Waals surface area contributed by atoms with Gasteiger partial charge >= 0.3 is 12.1 Å². The van der Waals surface area contributed by atoms with Gasteiger partial charge in [-0.15, -0.1) is 11.3 Å². The van der Waals surface area contributed by atoms with Gasteiger partial charge in [0, 0.05) is 5.38 Å². The number of thiazole rings is 1. The maximum absolute atomic E-state index is 12.7. The highest BCUT2D eigenvalue weighted by Crippen LogP contribution is 2.26. The molecule has 0 aliphatic heterocycles. The minimum absolute atomic E-state index is 0.0274. The van der Waals surface area contributed by atoms with Gasteiger partial charge in [0.25, 0.3) is 11.8 Å². The molecule has 1 rings (SSSR count). The summed E-state index contributed by atoms with van der Waals surface area (Å²) < 4.78 is 5.31. The first kappa shape index (κ1) is 28.1. The molecule has 0 saturated carbocycles. The quantitative estimate of drug-likeness (QED) is 0.395. The molecule has 1 aromatic heterocycles. The van der Waals surface area contributed by atoms with Gasteiger partial charge in [-0.3, -0.25) is 9.59 Å². The topological polar surface area (TPSA) is 147 Å². The van der Waals surface area contributed by atoms with Gasteiger partial charge in [-0.25, -0.2) is 14.6 Å². The normalized spacial score (nSPS) is 13.9. The molecule has 0 aliphatic carbocycles. The molecule has 0 fully saturated rings. The van der Waals surface area contributed by atoms with E-state index in [-0.39, 0.29) is 23.2 Å². The van der Waals surface area contributed by atoms with Crippen molar-refractivity contribution in [1.82, 2.24) is 20.9 Å². The molecule has 2 atom stereocenters. The van der Waals surface area contributed by atoms with Gasteiger partial charge in [0.2, 0.25) is 0 Å². The first-order valence-electron chi connectivity index (χ1n) is 10.6. The number of nitrogens with zero attached hydrogens (tertiary/aromatic N) is 1. The predicted molar refractivity (Wildman–Crippen MR) is 125 cm³/mol. The van der Waals surface area contributed by atoms with Crippen LogP contribution >= 0.6 is 11.3 Å². The zero-order valence-corrected chi connectivity index (χ0v) is 21.1. The molecular weight excluding hydrogens is 448 g/mol. The van der Waals surface area contributed by atoms with Crippen LogP contribution in [-0.4, -0.2) is 45.6 Å². The summed E-state index contributed by atoms with van der Waals surface area (Å²) in [7, 11) is 0. The van der Waals surface area contributed by atoms with E-state index in [0.717, 1.165) is 0 Å². The van der Waals surface area contributed by atoms with Crippen LogP contribution in [0.25, 0.3) is 0 Å². The number of alkyl carbamates (subject to hydrolysis) is 1. The van der Waals surface area contributed by atoms with Crippen LogP contribution in [0.3, 0.4) is 0 Å². The van der Waals surface area contributed by atoms with Crippen LogP contribution < -0.4 is 16.0 Å². The fourth-order valence-electron chi connectivity index (χ4n) is 2.66. The Morgan fingerprint density at radius 2 is 1.70 bits per heavy atom. The average Bonchev–Trinajstić information content (AvgIpc) is 3.15. The number of carboxylic acids is 1. The Labute approximate surface area is 198 Å². The van der Waals surface area contributed by atoms with Crippen molar-refractivity contribution in [3.63, 3.8) is 0 Å². The zero-order valence-electron chi connectivity index (χ0n) is 20.3. The summed E-state index contributed by atoms with van der Waals surface area (Å²) in [4.78, 5) is 53.0. The molecule has 1 heterocycles. The van der Waals surface area contributed by atoms with E-state index in [2.05, 4.69) is 20.9 Å². The highest BCUT2D eigenvalue weighted by atomic mass is 32.1. The second kappa shape index (κ2) is 11.8. The van der Waals surface area contributed by atoms with Crippen molar-refractivity contribution in [1.29, 1.82) is 0 Å². The van der Waals surface area contributed by atoms with Gasteiger partial charge in [0.1, 0.15) is 28.0 Å². The molecule has 0 bridgehead atoms. The predicted octanol–water partition coefficient (Wildman–Crippen LogP) is 3.22. The Bertz CT molecular complexity index is 901. The van der Waals surface area contributed by atoms with Crippen molar-refractivity contribution in [2.24, 2.45) is 11.8 Å². The fraction of sp³-hybridized carbons (Fsp3) is 0.591. The number of nitrogens with one attached hydrogen (secondary N) is 3. The molecule has 0 aromatic carbocycles. The number of carboxylic acid groups (broad SMARTS) is 1. The number of hydrogen-bond donors (Lipinski definition) is 4. The summed E-state index contributed by atoms with van der Waals surface area (Å²) in [5.74, 6) is -2.88. The van der Waals surface area contributed by atoms with E-state index in [9.17, 15) is 24.3 Å². The van der Waals surface area contributed by atoms with E-state index < -0.39 is 41.6 Å². The van der Waals surface area contributed by atoms with Gasteiger partial charge in [0.05, 0.1) is 6.04 Å². The minimum Gasteiger partial charge on any atom is -0.480 e. The Hall–Kier alpha value is -2.95. The maximum Gasteiger partial charge on any atom is 0.408 e. The molecule has 1 aromatic rings. The van der Waals surface area contributed by atoms with E-state index in [1.807, 2.05) is 13.8 Å². The van der Waals surface area contributed by atoms with Crippen LogP contribution in [0.2, 0.25) is 0 Å². The Morgan fingerprint density at radius 1 is 1.09 bits per heavy atom. The number of rotatable bonds is 9. The van der Waals surface area contributed by atoms with Gasteiger partial charge in [-0.1, -0.05) is 33.8 Å². The zero-order chi connectivity index (χ0) is 25.5. The van der Waals surface area contributed by atoms with Crippen LogP contribution in [-0.2, 0) is 14.3 Å². The Kier molecular flexibility index (Phi) is 10.0. The van der Waals surface area contributed by atoms with Crippen LogP contribution in [0.4, 0.5) is 4.79 Å². The molecule has 0 aliphatic rings. The van der Waals surface area contributed by atoms with Crippen molar-refractivity contribution in [3.8, 4) is 0 Å². The number of allylic oxidation sites excluding steroid dienone is 1. The van der Waals surface area contributed by atoms with E-state index in [1.54, 1.807) is 41.5 Å². The standard InChI is InChI=1S/C22H34N4O6S/c1-9-13(17(27)25-16(12(4)5)20(29)30)23-18(28)14-10-33-19(24-14)15(11(2)3)26-21(31)32-22(6,7)8/h9-12,15-16H,1-8H3,(H,23,28)(H,25,27)(H,26,31)(H,29,30)/b13-9-/t15-,16+/m1/s1. The lowest BCUT2D eigenvalue weighted by Crippen LogP contribution is -2.47. The summed E-state index contributed by atoms with van der Waals surface area (Å²) in [5, 5.41) is 18.9. The Balaban J connectivity index is 2.94. The molecule has 4 N–H and O–H groups in total. The molecule has 0 radical (unpaired) electrons. The van der Waals surface area contributed by atoms with Crippen LogP contribution in [0.1, 0.15) is 76.9 Å². The first-order valence-corrected chi connectivity index (χ1v) is 11.5. The van der Waals surface area contributed by atoms with E-state index in [0.29, 0.717) is 5.01 Å². The SMILES string of the molecule is C/C=C(\NC(=O)c1csc([C@H](NC(=O)OC(C)(C)C)C(C)C)n1)C(=O)N[C@H](C(=O)O)C(C)C. The maximum atomic E-state index is 12.7. The van der Waals surface area contributed by atoms with E-state index in [1.165, 1.54) is 22.8 Å². The van der Waals surface area contributed by atoms with Crippen LogP contribution in [0.15, 0.2) is 17.2 Å². The second-order valence-electron chi connectivity index (χ2n) is 9.13. The number of aromatic nitrogens is 1. The summed E-state index contributed by atoms with van der Waals surface area (Å²) in [6.45, 7) is 14.0. The first-order chi connectivity index (χ1) is 15.2. The smallest absolute Gasteiger partial charge is 0.408 e. The summed E-state index contributed by atoms with van der Waals surface area (Å²) >= 11 is 1.20. The van der Waals surface area contributed by atoms with Gasteiger partial charge in [-0.2, -0.15) is 0 Å². The fourth-order valence-corrected chi connectivity index (χ4v) is 3.68. The second-order valence-corrected chi connectivity index (χ2v) is 10.0. The van der Waals surface area contributed by atoms with Crippen molar-refractivity contribution in [3.05, 3.63) is 27.9 Å². The molecule has 33 heavy (non-hydrogen) atoms.